The fourth-order valence-electron chi connectivity index (χ4n) is 3.08. The number of rotatable bonds is 3. The van der Waals surface area contributed by atoms with Gasteiger partial charge in [-0.25, -0.2) is 9.97 Å². The van der Waals surface area contributed by atoms with E-state index in [1.54, 1.807) is 29.9 Å². The SMILES string of the molecule is N=C/C=C1/C=C(Nc2ncnc3sc4c(c23)CCCC4)C(Cl)=CN1. The summed E-state index contributed by atoms with van der Waals surface area (Å²) in [6.45, 7) is 0. The maximum absolute atomic E-state index is 7.20. The Morgan fingerprint density at radius 3 is 3.04 bits per heavy atom. The Morgan fingerprint density at radius 2 is 2.17 bits per heavy atom. The molecule has 3 heterocycles. The van der Waals surface area contributed by atoms with Crippen LogP contribution in [0.3, 0.4) is 0 Å². The highest BCUT2D eigenvalue weighted by Gasteiger charge is 2.21. The molecule has 7 heteroatoms. The number of hydrogen-bond acceptors (Lipinski definition) is 6. The first-order valence-electron chi connectivity index (χ1n) is 7.83. The second kappa shape index (κ2) is 6.37. The average molecular weight is 358 g/mol. The summed E-state index contributed by atoms with van der Waals surface area (Å²) >= 11 is 8.08. The fourth-order valence-corrected chi connectivity index (χ4v) is 4.47. The predicted molar refractivity (Wildman–Crippen MR) is 99.7 cm³/mol. The summed E-state index contributed by atoms with van der Waals surface area (Å²) in [5.74, 6) is 0.799. The van der Waals surface area contributed by atoms with Crippen molar-refractivity contribution in [1.82, 2.24) is 15.3 Å². The summed E-state index contributed by atoms with van der Waals surface area (Å²) in [4.78, 5) is 11.4. The maximum atomic E-state index is 7.20. The highest BCUT2D eigenvalue weighted by molar-refractivity contribution is 7.19. The van der Waals surface area contributed by atoms with Crippen molar-refractivity contribution < 1.29 is 0 Å². The van der Waals surface area contributed by atoms with Crippen molar-refractivity contribution in [3.63, 3.8) is 0 Å². The third-order valence-electron chi connectivity index (χ3n) is 4.19. The standard InChI is InChI=1S/C17H16ClN5S/c18-12-8-20-10(5-6-19)7-13(12)23-16-15-11-3-1-2-4-14(11)24-17(15)22-9-21-16/h5-9,19-20H,1-4H2,(H,21,22,23)/b10-5-,19-6?. The molecule has 0 radical (unpaired) electrons. The van der Waals surface area contributed by atoms with Crippen LogP contribution < -0.4 is 10.6 Å². The second-order valence-corrected chi connectivity index (χ2v) is 7.21. The van der Waals surface area contributed by atoms with Gasteiger partial charge in [0.25, 0.3) is 0 Å². The number of halogens is 1. The lowest BCUT2D eigenvalue weighted by Crippen LogP contribution is -2.14. The van der Waals surface area contributed by atoms with Crippen LogP contribution in [0, 0.1) is 5.41 Å². The topological polar surface area (TPSA) is 73.7 Å². The van der Waals surface area contributed by atoms with E-state index in [4.69, 9.17) is 17.0 Å². The zero-order valence-corrected chi connectivity index (χ0v) is 14.5. The van der Waals surface area contributed by atoms with Crippen molar-refractivity contribution in [1.29, 1.82) is 5.41 Å². The molecule has 0 atom stereocenters. The van der Waals surface area contributed by atoms with Gasteiger partial charge in [0.2, 0.25) is 0 Å². The summed E-state index contributed by atoms with van der Waals surface area (Å²) in [5.41, 5.74) is 2.95. The molecule has 0 saturated carbocycles. The van der Waals surface area contributed by atoms with E-state index in [1.807, 2.05) is 6.08 Å². The number of nitrogens with one attached hydrogen (secondary N) is 3. The molecule has 5 nitrogen and oxygen atoms in total. The summed E-state index contributed by atoms with van der Waals surface area (Å²) in [6.07, 6.45) is 12.8. The Bertz CT molecular complexity index is 909. The maximum Gasteiger partial charge on any atom is 0.142 e. The predicted octanol–water partition coefficient (Wildman–Crippen LogP) is 4.08. The van der Waals surface area contributed by atoms with Crippen LogP contribution in [0.4, 0.5) is 5.82 Å². The first-order chi connectivity index (χ1) is 11.8. The minimum absolute atomic E-state index is 0.577. The first-order valence-corrected chi connectivity index (χ1v) is 9.03. The summed E-state index contributed by atoms with van der Waals surface area (Å²) in [7, 11) is 0. The van der Waals surface area contributed by atoms with Crippen LogP contribution in [0.1, 0.15) is 23.3 Å². The van der Waals surface area contributed by atoms with Gasteiger partial charge in [-0.1, -0.05) is 11.6 Å². The lowest BCUT2D eigenvalue weighted by molar-refractivity contribution is 0.700. The van der Waals surface area contributed by atoms with Crippen molar-refractivity contribution in [2.75, 3.05) is 5.32 Å². The smallest absolute Gasteiger partial charge is 0.142 e. The second-order valence-electron chi connectivity index (χ2n) is 5.72. The third kappa shape index (κ3) is 2.72. The van der Waals surface area contributed by atoms with E-state index in [2.05, 4.69) is 20.6 Å². The highest BCUT2D eigenvalue weighted by Crippen LogP contribution is 2.38. The lowest BCUT2D eigenvalue weighted by Gasteiger charge is -2.17. The molecule has 0 bridgehead atoms. The Hall–Kier alpha value is -2.18. The molecule has 122 valence electrons. The van der Waals surface area contributed by atoms with E-state index >= 15 is 0 Å². The van der Waals surface area contributed by atoms with Gasteiger partial charge >= 0.3 is 0 Å². The van der Waals surface area contributed by atoms with Gasteiger partial charge in [0.15, 0.2) is 0 Å². The van der Waals surface area contributed by atoms with Crippen molar-refractivity contribution in [3.8, 4) is 0 Å². The Kier molecular flexibility index (Phi) is 4.08. The monoisotopic (exact) mass is 357 g/mol. The molecule has 0 unspecified atom stereocenters. The van der Waals surface area contributed by atoms with E-state index in [0.717, 1.165) is 40.3 Å². The number of hydrogen-bond donors (Lipinski definition) is 3. The van der Waals surface area contributed by atoms with Crippen LogP contribution in [0.15, 0.2) is 41.1 Å². The van der Waals surface area contributed by atoms with Gasteiger partial charge in [-0.3, -0.25) is 0 Å². The molecule has 0 saturated heterocycles. The Morgan fingerprint density at radius 1 is 1.29 bits per heavy atom. The van der Waals surface area contributed by atoms with E-state index in [0.29, 0.717) is 5.03 Å². The van der Waals surface area contributed by atoms with Gasteiger partial charge in [0.1, 0.15) is 17.0 Å². The van der Waals surface area contributed by atoms with E-state index in [9.17, 15) is 0 Å². The Labute approximate surface area is 148 Å². The van der Waals surface area contributed by atoms with Gasteiger partial charge in [-0.05, 0) is 43.4 Å². The molecule has 4 rings (SSSR count). The number of anilines is 1. The molecule has 24 heavy (non-hydrogen) atoms. The van der Waals surface area contributed by atoms with Gasteiger partial charge in [-0.2, -0.15) is 0 Å². The molecule has 0 aromatic carbocycles. The molecule has 0 spiro atoms. The lowest BCUT2D eigenvalue weighted by atomic mass is 9.97. The van der Waals surface area contributed by atoms with E-state index in [1.165, 1.54) is 29.5 Å². The van der Waals surface area contributed by atoms with Crippen molar-refractivity contribution in [2.45, 2.75) is 25.7 Å². The molecule has 0 amide bonds. The van der Waals surface area contributed by atoms with Gasteiger partial charge in [0, 0.05) is 23.0 Å². The quantitative estimate of drug-likeness (QED) is 0.723. The number of aryl methyl sites for hydroxylation is 2. The number of thiophene rings is 1. The van der Waals surface area contributed by atoms with E-state index < -0.39 is 0 Å². The van der Waals surface area contributed by atoms with Gasteiger partial charge in [0.05, 0.1) is 16.1 Å². The first kappa shape index (κ1) is 15.4. The number of nitrogens with zero attached hydrogens (tertiary/aromatic N) is 2. The molecule has 1 aliphatic heterocycles. The molecule has 3 N–H and O–H groups in total. The van der Waals surface area contributed by atoms with Crippen LogP contribution in [0.25, 0.3) is 10.2 Å². The van der Waals surface area contributed by atoms with Crippen LogP contribution >= 0.6 is 22.9 Å². The Balaban J connectivity index is 1.77. The molecular weight excluding hydrogens is 342 g/mol. The van der Waals surface area contributed by atoms with Crippen LogP contribution in [-0.4, -0.2) is 16.2 Å². The number of aromatic nitrogens is 2. The number of allylic oxidation sites excluding steroid dienone is 3. The van der Waals surface area contributed by atoms with Crippen LogP contribution in [0.2, 0.25) is 0 Å². The van der Waals surface area contributed by atoms with Gasteiger partial charge < -0.3 is 16.0 Å². The van der Waals surface area contributed by atoms with Crippen LogP contribution in [-0.2, 0) is 12.8 Å². The minimum atomic E-state index is 0.577. The molecule has 0 fully saturated rings. The van der Waals surface area contributed by atoms with Crippen LogP contribution in [0.5, 0.6) is 0 Å². The number of dihydropyridines is 1. The highest BCUT2D eigenvalue weighted by atomic mass is 35.5. The third-order valence-corrected chi connectivity index (χ3v) is 5.70. The average Bonchev–Trinajstić information content (AvgIpc) is 2.97. The van der Waals surface area contributed by atoms with Crippen molar-refractivity contribution >= 4 is 45.2 Å². The van der Waals surface area contributed by atoms with Gasteiger partial charge in [-0.15, -0.1) is 11.3 Å². The minimum Gasteiger partial charge on any atom is -0.360 e. The largest absolute Gasteiger partial charge is 0.360 e. The molecule has 2 aliphatic rings. The van der Waals surface area contributed by atoms with Crippen molar-refractivity contribution in [2.24, 2.45) is 0 Å². The summed E-state index contributed by atoms with van der Waals surface area (Å²) in [5, 5.41) is 15.3. The molecule has 2 aromatic rings. The molecule has 1 aliphatic carbocycles. The van der Waals surface area contributed by atoms with Crippen molar-refractivity contribution in [3.05, 3.63) is 51.5 Å². The molecule has 2 aromatic heterocycles. The van der Waals surface area contributed by atoms with E-state index in [-0.39, 0.29) is 0 Å². The molecular formula is C17H16ClN5S. The zero-order chi connectivity index (χ0) is 16.5. The summed E-state index contributed by atoms with van der Waals surface area (Å²) < 4.78 is 0. The normalized spacial score (nSPS) is 18.6. The summed E-state index contributed by atoms with van der Waals surface area (Å²) in [6, 6.07) is 0. The zero-order valence-electron chi connectivity index (χ0n) is 12.9. The fraction of sp³-hybridized carbons (Fsp3) is 0.235. The number of fused-ring (bicyclic) bond motifs is 3.